The van der Waals surface area contributed by atoms with Gasteiger partial charge in [0, 0.05) is 12.7 Å². The van der Waals surface area contributed by atoms with Crippen LogP contribution in [0.25, 0.3) is 0 Å². The van der Waals surface area contributed by atoms with Crippen molar-refractivity contribution in [1.29, 1.82) is 0 Å². The monoisotopic (exact) mass is 423 g/mol. The normalized spacial score (nSPS) is 15.8. The van der Waals surface area contributed by atoms with Gasteiger partial charge in [-0.15, -0.1) is 0 Å². The van der Waals surface area contributed by atoms with E-state index in [1.165, 1.54) is 25.2 Å². The minimum absolute atomic E-state index is 0.0828. The predicted octanol–water partition coefficient (Wildman–Crippen LogP) is 2.01. The third-order valence-corrected chi connectivity index (χ3v) is 6.03. The first kappa shape index (κ1) is 20.4. The van der Waals surface area contributed by atoms with Gasteiger partial charge in [0.05, 0.1) is 23.5 Å². The molecule has 1 aliphatic rings. The first-order valence-electron chi connectivity index (χ1n) is 8.50. The highest BCUT2D eigenvalue weighted by molar-refractivity contribution is 7.92. The first-order valence-corrected chi connectivity index (χ1v) is 9.94. The van der Waals surface area contributed by atoms with Crippen LogP contribution >= 0.6 is 0 Å². The lowest BCUT2D eigenvalue weighted by Gasteiger charge is -2.35. The number of benzene rings is 2. The van der Waals surface area contributed by atoms with Crippen LogP contribution in [0.15, 0.2) is 47.4 Å². The fraction of sp³-hybridized carbons (Fsp3) is 0.222. The molecule has 11 heteroatoms. The number of nitrogens with zero attached hydrogens (tertiary/aromatic N) is 1. The number of amides is 2. The van der Waals surface area contributed by atoms with Gasteiger partial charge in [-0.3, -0.25) is 14.4 Å². The molecule has 154 valence electrons. The highest BCUT2D eigenvalue weighted by Gasteiger charge is 2.35. The summed E-state index contributed by atoms with van der Waals surface area (Å²) in [6, 6.07) is 8.47. The summed E-state index contributed by atoms with van der Waals surface area (Å²) in [5, 5.41) is 13.5. The smallest absolute Gasteiger partial charge is 0.409 e. The predicted molar refractivity (Wildman–Crippen MR) is 102 cm³/mol. The molecule has 3 rings (SSSR count). The lowest BCUT2D eigenvalue weighted by Crippen LogP contribution is -2.45. The van der Waals surface area contributed by atoms with E-state index in [2.05, 4.69) is 10.6 Å². The summed E-state index contributed by atoms with van der Waals surface area (Å²) in [4.78, 5) is 22.5. The number of sulfonamides is 1. The van der Waals surface area contributed by atoms with Gasteiger partial charge in [-0.25, -0.2) is 17.6 Å². The number of ether oxygens (including phenoxy) is 1. The Bertz CT molecular complexity index is 1040. The number of fused-ring (bicyclic) bond motifs is 1. The Balaban J connectivity index is 2.06. The number of nitrogens with one attached hydrogen (secondary N) is 2. The molecule has 1 heterocycles. The lowest BCUT2D eigenvalue weighted by atomic mass is 10.1. The molecule has 9 nitrogen and oxygen atoms in total. The first-order chi connectivity index (χ1) is 13.7. The van der Waals surface area contributed by atoms with Crippen molar-refractivity contribution >= 4 is 33.4 Å². The molecule has 2 aromatic carbocycles. The molecule has 0 aliphatic carbocycles. The number of anilines is 2. The second-order valence-corrected chi connectivity index (χ2v) is 8.08. The Morgan fingerprint density at radius 2 is 1.93 bits per heavy atom. The van der Waals surface area contributed by atoms with Crippen LogP contribution in [0, 0.1) is 5.82 Å². The van der Waals surface area contributed by atoms with Crippen LogP contribution < -0.4 is 19.7 Å². The van der Waals surface area contributed by atoms with Gasteiger partial charge in [-0.2, -0.15) is 0 Å². The fourth-order valence-corrected chi connectivity index (χ4v) is 4.39. The second-order valence-electron chi connectivity index (χ2n) is 6.22. The summed E-state index contributed by atoms with van der Waals surface area (Å²) in [5.74, 6) is -0.745. The van der Waals surface area contributed by atoms with E-state index in [9.17, 15) is 22.4 Å². The molecule has 29 heavy (non-hydrogen) atoms. The number of carbonyl (C=O) groups is 2. The van der Waals surface area contributed by atoms with Crippen molar-refractivity contribution in [3.05, 3.63) is 48.3 Å². The summed E-state index contributed by atoms with van der Waals surface area (Å²) in [6.45, 7) is -0.184. The van der Waals surface area contributed by atoms with Gasteiger partial charge in [-0.05, 0) is 42.5 Å². The largest absolute Gasteiger partial charge is 0.486 e. The average Bonchev–Trinajstić information content (AvgIpc) is 2.67. The van der Waals surface area contributed by atoms with Crippen molar-refractivity contribution in [1.82, 2.24) is 5.32 Å². The van der Waals surface area contributed by atoms with E-state index in [1.807, 2.05) is 0 Å². The zero-order valence-corrected chi connectivity index (χ0v) is 16.1. The molecule has 0 aromatic heterocycles. The van der Waals surface area contributed by atoms with Gasteiger partial charge in [0.25, 0.3) is 10.0 Å². The van der Waals surface area contributed by atoms with Crippen LogP contribution in [-0.2, 0) is 14.8 Å². The lowest BCUT2D eigenvalue weighted by molar-refractivity contribution is -0.122. The summed E-state index contributed by atoms with van der Waals surface area (Å²) in [5.41, 5.74) is 0.248. The Labute approximate surface area is 166 Å². The quantitative estimate of drug-likeness (QED) is 0.676. The molecule has 0 fully saturated rings. The van der Waals surface area contributed by atoms with Gasteiger partial charge in [0.1, 0.15) is 17.7 Å². The maximum Gasteiger partial charge on any atom is 0.409 e. The van der Waals surface area contributed by atoms with Crippen LogP contribution in [0.5, 0.6) is 5.75 Å². The Morgan fingerprint density at radius 1 is 1.24 bits per heavy atom. The van der Waals surface area contributed by atoms with E-state index in [1.54, 1.807) is 0 Å². The van der Waals surface area contributed by atoms with Crippen molar-refractivity contribution in [2.24, 2.45) is 0 Å². The fourth-order valence-electron chi connectivity index (χ4n) is 2.89. The molecule has 2 aromatic rings. The molecule has 0 saturated heterocycles. The van der Waals surface area contributed by atoms with Crippen LogP contribution in [0.3, 0.4) is 0 Å². The molecule has 3 N–H and O–H groups in total. The number of rotatable bonds is 5. The van der Waals surface area contributed by atoms with Crippen molar-refractivity contribution in [3.63, 3.8) is 0 Å². The summed E-state index contributed by atoms with van der Waals surface area (Å²) >= 11 is 0. The maximum atomic E-state index is 13.2. The van der Waals surface area contributed by atoms with Crippen molar-refractivity contribution in [3.8, 4) is 5.75 Å². The second kappa shape index (κ2) is 7.95. The molecular formula is C18H18FN3O6S. The third kappa shape index (κ3) is 4.40. The molecule has 0 saturated carbocycles. The van der Waals surface area contributed by atoms with Crippen LogP contribution in [0.4, 0.5) is 20.6 Å². The molecule has 1 aliphatic heterocycles. The molecule has 1 unspecified atom stereocenters. The number of halogens is 1. The van der Waals surface area contributed by atoms with Crippen molar-refractivity contribution in [2.45, 2.75) is 17.4 Å². The van der Waals surface area contributed by atoms with Gasteiger partial charge in [0.2, 0.25) is 5.91 Å². The highest BCUT2D eigenvalue weighted by atomic mass is 32.2. The molecular weight excluding hydrogens is 405 g/mol. The average molecular weight is 423 g/mol. The van der Waals surface area contributed by atoms with Crippen LogP contribution in [-0.4, -0.2) is 45.2 Å². The Hall–Kier alpha value is -3.34. The molecule has 2 amide bonds. The SMILES string of the molecule is CNC(=O)CC1CN(S(=O)(=O)c2ccc(F)cc2)c2cc(NC(=O)O)ccc2O1. The standard InChI is InChI=1S/C18H18FN3O6S/c1-20-17(23)9-13-10-22(29(26,27)14-5-2-11(19)3-6-14)15-8-12(21-18(24)25)4-7-16(15)28-13/h2-8,13,21H,9-10H2,1H3,(H,20,23)(H,24,25). The van der Waals surface area contributed by atoms with Crippen LogP contribution in [0.1, 0.15) is 6.42 Å². The van der Waals surface area contributed by atoms with Gasteiger partial charge in [0.15, 0.2) is 0 Å². The van der Waals surface area contributed by atoms with Crippen molar-refractivity contribution < 1.29 is 32.2 Å². The zero-order chi connectivity index (χ0) is 21.2. The maximum absolute atomic E-state index is 13.2. The third-order valence-electron chi connectivity index (χ3n) is 4.24. The highest BCUT2D eigenvalue weighted by Crippen LogP contribution is 2.39. The van der Waals surface area contributed by atoms with Crippen LogP contribution in [0.2, 0.25) is 0 Å². The minimum atomic E-state index is -4.13. The zero-order valence-electron chi connectivity index (χ0n) is 15.3. The molecule has 0 spiro atoms. The van der Waals surface area contributed by atoms with Gasteiger partial charge >= 0.3 is 6.09 Å². The van der Waals surface area contributed by atoms with E-state index in [0.29, 0.717) is 0 Å². The number of carboxylic acid groups (broad SMARTS) is 1. The topological polar surface area (TPSA) is 125 Å². The molecule has 1 atom stereocenters. The summed E-state index contributed by atoms with van der Waals surface area (Å²) < 4.78 is 46.4. The number of hydrogen-bond acceptors (Lipinski definition) is 5. The Morgan fingerprint density at radius 3 is 2.55 bits per heavy atom. The Kier molecular flexibility index (Phi) is 5.59. The van der Waals surface area contributed by atoms with E-state index < -0.39 is 28.0 Å². The number of carbonyl (C=O) groups excluding carboxylic acids is 1. The van der Waals surface area contributed by atoms with Gasteiger partial charge < -0.3 is 15.2 Å². The van der Waals surface area contributed by atoms with E-state index >= 15 is 0 Å². The minimum Gasteiger partial charge on any atom is -0.486 e. The van der Waals surface area contributed by atoms with Crippen molar-refractivity contribution in [2.75, 3.05) is 23.2 Å². The summed E-state index contributed by atoms with van der Waals surface area (Å²) in [7, 11) is -2.68. The van der Waals surface area contributed by atoms with E-state index in [4.69, 9.17) is 9.84 Å². The van der Waals surface area contributed by atoms with E-state index in [-0.39, 0.29) is 40.9 Å². The van der Waals surface area contributed by atoms with E-state index in [0.717, 1.165) is 28.6 Å². The number of hydrogen-bond donors (Lipinski definition) is 3. The van der Waals surface area contributed by atoms with Gasteiger partial charge in [-0.1, -0.05) is 0 Å². The molecule has 0 bridgehead atoms. The molecule has 0 radical (unpaired) electrons. The summed E-state index contributed by atoms with van der Waals surface area (Å²) in [6.07, 6.45) is -2.16.